The molecule has 1 fully saturated rings. The lowest BCUT2D eigenvalue weighted by Crippen LogP contribution is -2.54. The lowest BCUT2D eigenvalue weighted by Gasteiger charge is -2.32. The van der Waals surface area contributed by atoms with Gasteiger partial charge in [-0.2, -0.15) is 13.2 Å². The fourth-order valence-corrected chi connectivity index (χ4v) is 1.86. The molecule has 0 aromatic carbocycles. The number of β-amino-alcohol motifs (C(OH)–C–C–N with tert-alkyl or cyclic N) is 2. The lowest BCUT2D eigenvalue weighted by atomic mass is 10.1. The van der Waals surface area contributed by atoms with Crippen LogP contribution in [0.15, 0.2) is 0 Å². The topological polar surface area (TPSA) is 69.7 Å². The molecule has 0 aromatic heterocycles. The number of hydrogen-bond acceptors (Lipinski definition) is 4. The number of likely N-dealkylation sites (tertiary alicyclic amines) is 1. The first-order valence-corrected chi connectivity index (χ1v) is 4.66. The van der Waals surface area contributed by atoms with Crippen molar-refractivity contribution in [1.82, 2.24) is 4.90 Å². The third-order valence-corrected chi connectivity index (χ3v) is 2.51. The third kappa shape index (κ3) is 2.81. The zero-order valence-corrected chi connectivity index (χ0v) is 8.28. The second-order valence-electron chi connectivity index (χ2n) is 3.93. The molecule has 7 heteroatoms. The Morgan fingerprint density at radius 3 is 1.93 bits per heavy atom. The van der Waals surface area contributed by atoms with Crippen molar-refractivity contribution >= 4 is 0 Å². The fourth-order valence-electron chi connectivity index (χ4n) is 1.86. The van der Waals surface area contributed by atoms with Gasteiger partial charge in [0.25, 0.3) is 0 Å². The Labute approximate surface area is 85.5 Å². The summed E-state index contributed by atoms with van der Waals surface area (Å²) in [7, 11) is 0. The largest absolute Gasteiger partial charge is 0.405 e. The summed E-state index contributed by atoms with van der Waals surface area (Å²) in [6.45, 7) is 0.856. The van der Waals surface area contributed by atoms with Crippen molar-refractivity contribution in [3.8, 4) is 0 Å². The molecule has 0 radical (unpaired) electrons. The molecule has 1 heterocycles. The number of rotatable bonds is 2. The van der Waals surface area contributed by atoms with Crippen LogP contribution in [-0.2, 0) is 0 Å². The van der Waals surface area contributed by atoms with Crippen LogP contribution >= 0.6 is 0 Å². The Bertz CT molecular complexity index is 212. The van der Waals surface area contributed by atoms with Crippen molar-refractivity contribution in [2.75, 3.05) is 13.1 Å². The van der Waals surface area contributed by atoms with Crippen molar-refractivity contribution in [1.29, 1.82) is 0 Å². The molecule has 0 amide bonds. The van der Waals surface area contributed by atoms with Gasteiger partial charge in [-0.05, 0) is 6.92 Å². The van der Waals surface area contributed by atoms with E-state index in [9.17, 15) is 13.2 Å². The van der Waals surface area contributed by atoms with Crippen LogP contribution in [0.25, 0.3) is 0 Å². The SMILES string of the molecule is CC(N)C(N1CC(O)C(O)C1)C(F)(F)F. The minimum absolute atomic E-state index is 0.202. The Morgan fingerprint density at radius 2 is 1.67 bits per heavy atom. The van der Waals surface area contributed by atoms with Crippen molar-refractivity contribution < 1.29 is 23.4 Å². The van der Waals surface area contributed by atoms with E-state index in [-0.39, 0.29) is 13.1 Å². The molecule has 15 heavy (non-hydrogen) atoms. The summed E-state index contributed by atoms with van der Waals surface area (Å²) >= 11 is 0. The van der Waals surface area contributed by atoms with Crippen LogP contribution in [0.3, 0.4) is 0 Å². The molecule has 0 bridgehead atoms. The summed E-state index contributed by atoms with van der Waals surface area (Å²) < 4.78 is 37.8. The van der Waals surface area contributed by atoms with Crippen LogP contribution in [0.2, 0.25) is 0 Å². The van der Waals surface area contributed by atoms with Gasteiger partial charge in [-0.15, -0.1) is 0 Å². The summed E-state index contributed by atoms with van der Waals surface area (Å²) in [6.07, 6.45) is -6.71. The minimum atomic E-state index is -4.45. The summed E-state index contributed by atoms with van der Waals surface area (Å²) in [6, 6.07) is -2.91. The second kappa shape index (κ2) is 4.25. The van der Waals surface area contributed by atoms with E-state index in [4.69, 9.17) is 15.9 Å². The fraction of sp³-hybridized carbons (Fsp3) is 1.00. The normalized spacial score (nSPS) is 33.0. The number of halogens is 3. The monoisotopic (exact) mass is 228 g/mol. The molecule has 1 rings (SSSR count). The first kappa shape index (κ1) is 12.7. The highest BCUT2D eigenvalue weighted by molar-refractivity contribution is 4.93. The summed E-state index contributed by atoms with van der Waals surface area (Å²) in [5.74, 6) is 0. The van der Waals surface area contributed by atoms with Crippen molar-refractivity contribution in [3.05, 3.63) is 0 Å². The minimum Gasteiger partial charge on any atom is -0.389 e. The van der Waals surface area contributed by atoms with E-state index in [1.165, 1.54) is 6.92 Å². The van der Waals surface area contributed by atoms with Gasteiger partial charge in [-0.1, -0.05) is 0 Å². The molecule has 4 nitrogen and oxygen atoms in total. The lowest BCUT2D eigenvalue weighted by molar-refractivity contribution is -0.186. The average molecular weight is 228 g/mol. The summed E-state index contributed by atoms with van der Waals surface area (Å²) in [4.78, 5) is 0.972. The van der Waals surface area contributed by atoms with Gasteiger partial charge in [0, 0.05) is 19.1 Å². The van der Waals surface area contributed by atoms with E-state index in [1.54, 1.807) is 0 Å². The van der Waals surface area contributed by atoms with Crippen LogP contribution in [0.1, 0.15) is 6.92 Å². The molecule has 1 aliphatic rings. The molecule has 0 aliphatic carbocycles. The van der Waals surface area contributed by atoms with Crippen molar-refractivity contribution in [2.24, 2.45) is 5.73 Å². The van der Waals surface area contributed by atoms with Crippen LogP contribution in [0, 0.1) is 0 Å². The van der Waals surface area contributed by atoms with Crippen LogP contribution in [0.4, 0.5) is 13.2 Å². The van der Waals surface area contributed by atoms with Gasteiger partial charge < -0.3 is 15.9 Å². The molecule has 90 valence electrons. The van der Waals surface area contributed by atoms with Gasteiger partial charge in [-0.25, -0.2) is 0 Å². The van der Waals surface area contributed by atoms with Gasteiger partial charge in [0.05, 0.1) is 12.2 Å². The predicted octanol–water partition coefficient (Wildman–Crippen LogP) is -0.698. The third-order valence-electron chi connectivity index (χ3n) is 2.51. The van der Waals surface area contributed by atoms with Gasteiger partial charge in [0.2, 0.25) is 0 Å². The molecular formula is C8H15F3N2O2. The molecule has 4 N–H and O–H groups in total. The predicted molar refractivity (Wildman–Crippen MR) is 47.1 cm³/mol. The van der Waals surface area contributed by atoms with Gasteiger partial charge in [0.15, 0.2) is 0 Å². The van der Waals surface area contributed by atoms with Gasteiger partial charge in [-0.3, -0.25) is 4.90 Å². The quantitative estimate of drug-likeness (QED) is 0.584. The Hall–Kier alpha value is -0.370. The van der Waals surface area contributed by atoms with E-state index < -0.39 is 30.5 Å². The first-order valence-electron chi connectivity index (χ1n) is 4.66. The maximum atomic E-state index is 12.6. The number of hydrogen-bond donors (Lipinski definition) is 3. The molecule has 0 aromatic rings. The van der Waals surface area contributed by atoms with Crippen LogP contribution < -0.4 is 5.73 Å². The van der Waals surface area contributed by atoms with E-state index in [1.807, 2.05) is 0 Å². The molecular weight excluding hydrogens is 213 g/mol. The number of nitrogens with zero attached hydrogens (tertiary/aromatic N) is 1. The standard InChI is InChI=1S/C8H15F3N2O2/c1-4(12)7(8(9,10)11)13-2-5(14)6(15)3-13/h4-7,14-15H,2-3,12H2,1H3. The smallest absolute Gasteiger partial charge is 0.389 e. The van der Waals surface area contributed by atoms with Crippen LogP contribution in [-0.4, -0.2) is 58.7 Å². The molecule has 4 unspecified atom stereocenters. The Morgan fingerprint density at radius 1 is 1.27 bits per heavy atom. The number of aliphatic hydroxyl groups excluding tert-OH is 2. The molecule has 1 saturated heterocycles. The first-order chi connectivity index (χ1) is 6.73. The maximum absolute atomic E-state index is 12.6. The zero-order valence-electron chi connectivity index (χ0n) is 8.28. The molecule has 1 aliphatic heterocycles. The summed E-state index contributed by atoms with van der Waals surface area (Å²) in [5.41, 5.74) is 5.27. The summed E-state index contributed by atoms with van der Waals surface area (Å²) in [5, 5.41) is 18.3. The Balaban J connectivity index is 2.75. The molecule has 4 atom stereocenters. The van der Waals surface area contributed by atoms with Gasteiger partial charge >= 0.3 is 6.18 Å². The van der Waals surface area contributed by atoms with Crippen LogP contribution in [0.5, 0.6) is 0 Å². The maximum Gasteiger partial charge on any atom is 0.405 e. The highest BCUT2D eigenvalue weighted by Gasteiger charge is 2.49. The molecule has 0 spiro atoms. The van der Waals surface area contributed by atoms with E-state index in [0.717, 1.165) is 4.90 Å². The number of nitrogens with two attached hydrogens (primary N) is 1. The molecule has 0 saturated carbocycles. The van der Waals surface area contributed by atoms with Crippen molar-refractivity contribution in [3.63, 3.8) is 0 Å². The van der Waals surface area contributed by atoms with E-state index in [0.29, 0.717) is 0 Å². The number of aliphatic hydroxyl groups is 2. The average Bonchev–Trinajstić information content (AvgIpc) is 2.27. The van der Waals surface area contributed by atoms with Gasteiger partial charge in [0.1, 0.15) is 6.04 Å². The highest BCUT2D eigenvalue weighted by atomic mass is 19.4. The highest BCUT2D eigenvalue weighted by Crippen LogP contribution is 2.29. The Kier molecular flexibility index (Phi) is 3.59. The van der Waals surface area contributed by atoms with Crippen molar-refractivity contribution in [2.45, 2.75) is 37.4 Å². The zero-order chi connectivity index (χ0) is 11.8. The van der Waals surface area contributed by atoms with E-state index in [2.05, 4.69) is 0 Å². The number of alkyl halides is 3. The second-order valence-corrected chi connectivity index (χ2v) is 3.93. The van der Waals surface area contributed by atoms with E-state index >= 15 is 0 Å².